The van der Waals surface area contributed by atoms with Crippen LogP contribution in [0.1, 0.15) is 17.3 Å². The number of carbonyl (C=O) groups is 2. The summed E-state index contributed by atoms with van der Waals surface area (Å²) in [5, 5.41) is 9.22. The van der Waals surface area contributed by atoms with Crippen LogP contribution in [-0.4, -0.2) is 50.2 Å². The highest BCUT2D eigenvalue weighted by Gasteiger charge is 2.27. The molecule has 6 nitrogen and oxygen atoms in total. The Morgan fingerprint density at radius 3 is 2.64 bits per heavy atom. The summed E-state index contributed by atoms with van der Waals surface area (Å²) in [6.45, 7) is 3.86. The molecule has 1 aliphatic heterocycles. The average molecular weight is 326 g/mol. The number of morpholine rings is 1. The van der Waals surface area contributed by atoms with Crippen molar-refractivity contribution in [2.75, 3.05) is 26.2 Å². The van der Waals surface area contributed by atoms with Gasteiger partial charge in [-0.3, -0.25) is 9.59 Å². The van der Waals surface area contributed by atoms with Gasteiger partial charge in [0.25, 0.3) is 5.91 Å². The monoisotopic (exact) mass is 325 g/mol. The van der Waals surface area contributed by atoms with Gasteiger partial charge in [0.05, 0.1) is 12.7 Å². The smallest absolute Gasteiger partial charge is 0.251 e. The Balaban J connectivity index is 1.69. The van der Waals surface area contributed by atoms with Crippen molar-refractivity contribution in [3.8, 4) is 0 Å². The molecule has 0 saturated carbocycles. The van der Waals surface area contributed by atoms with Crippen LogP contribution in [0.5, 0.6) is 0 Å². The fraction of sp³-hybridized carbons (Fsp3) is 0.467. The fourth-order valence-electron chi connectivity index (χ4n) is 2.20. The van der Waals surface area contributed by atoms with Crippen molar-refractivity contribution in [2.24, 2.45) is 0 Å². The van der Waals surface area contributed by atoms with Crippen molar-refractivity contribution in [3.05, 3.63) is 34.9 Å². The molecule has 1 heterocycles. The number of halogens is 1. The Morgan fingerprint density at radius 1 is 1.27 bits per heavy atom. The molecule has 2 amide bonds. The number of benzene rings is 1. The van der Waals surface area contributed by atoms with Crippen molar-refractivity contribution >= 4 is 23.4 Å². The number of hydrogen-bond acceptors (Lipinski definition) is 4. The third kappa shape index (κ3) is 4.69. The number of ether oxygens (including phenoxy) is 1. The lowest BCUT2D eigenvalue weighted by atomic mass is 10.1. The first-order valence-electron chi connectivity index (χ1n) is 7.24. The van der Waals surface area contributed by atoms with Gasteiger partial charge < -0.3 is 20.7 Å². The highest BCUT2D eigenvalue weighted by molar-refractivity contribution is 6.30. The van der Waals surface area contributed by atoms with E-state index in [0.717, 1.165) is 0 Å². The van der Waals surface area contributed by atoms with E-state index in [1.165, 1.54) is 0 Å². The topological polar surface area (TPSA) is 79.5 Å². The van der Waals surface area contributed by atoms with Crippen LogP contribution < -0.4 is 16.0 Å². The summed E-state index contributed by atoms with van der Waals surface area (Å²) >= 11 is 5.77. The molecule has 0 unspecified atom stereocenters. The van der Waals surface area contributed by atoms with E-state index in [0.29, 0.717) is 36.8 Å². The second kappa shape index (κ2) is 8.12. The molecule has 0 bridgehead atoms. The van der Waals surface area contributed by atoms with Gasteiger partial charge in [-0.1, -0.05) is 11.6 Å². The molecule has 1 aromatic carbocycles. The summed E-state index contributed by atoms with van der Waals surface area (Å²) in [6.07, 6.45) is -0.155. The molecule has 0 spiro atoms. The first kappa shape index (κ1) is 16.7. The lowest BCUT2D eigenvalue weighted by Gasteiger charge is -2.29. The lowest BCUT2D eigenvalue weighted by Crippen LogP contribution is -2.56. The molecule has 2 rings (SSSR count). The molecule has 0 aromatic heterocycles. The van der Waals surface area contributed by atoms with E-state index in [2.05, 4.69) is 16.0 Å². The second-order valence-corrected chi connectivity index (χ2v) is 5.50. The standard InChI is InChI=1S/C15H20ClN3O3/c1-10-13(17-8-9-22-10)15(21)19-7-6-18-14(20)11-2-4-12(16)5-3-11/h2-5,10,13,17H,6-9H2,1H3,(H,18,20)(H,19,21)/t10-,13+/m1/s1. The molecule has 0 radical (unpaired) electrons. The van der Waals surface area contributed by atoms with E-state index in [1.54, 1.807) is 24.3 Å². The van der Waals surface area contributed by atoms with Crippen molar-refractivity contribution in [2.45, 2.75) is 19.1 Å². The van der Waals surface area contributed by atoms with E-state index >= 15 is 0 Å². The second-order valence-electron chi connectivity index (χ2n) is 5.06. The molecule has 1 saturated heterocycles. The van der Waals surface area contributed by atoms with Crippen LogP contribution in [0.15, 0.2) is 24.3 Å². The summed E-state index contributed by atoms with van der Waals surface area (Å²) in [5.41, 5.74) is 0.534. The lowest BCUT2D eigenvalue weighted by molar-refractivity contribution is -0.128. The van der Waals surface area contributed by atoms with Crippen molar-refractivity contribution in [3.63, 3.8) is 0 Å². The van der Waals surface area contributed by atoms with Crippen LogP contribution >= 0.6 is 11.6 Å². The summed E-state index contributed by atoms with van der Waals surface area (Å²) in [5.74, 6) is -0.314. The SMILES string of the molecule is C[C@H]1OCCN[C@@H]1C(=O)NCCNC(=O)c1ccc(Cl)cc1. The predicted molar refractivity (Wildman–Crippen MR) is 84.0 cm³/mol. The minimum absolute atomic E-state index is 0.118. The van der Waals surface area contributed by atoms with Crippen LogP contribution in [0.25, 0.3) is 0 Å². The Kier molecular flexibility index (Phi) is 6.18. The van der Waals surface area contributed by atoms with Crippen LogP contribution in [-0.2, 0) is 9.53 Å². The fourth-order valence-corrected chi connectivity index (χ4v) is 2.33. The zero-order valence-corrected chi connectivity index (χ0v) is 13.2. The Hall–Kier alpha value is -1.63. The van der Waals surface area contributed by atoms with Gasteiger partial charge in [-0.05, 0) is 31.2 Å². The van der Waals surface area contributed by atoms with Gasteiger partial charge in [0, 0.05) is 30.2 Å². The number of rotatable bonds is 5. The van der Waals surface area contributed by atoms with E-state index in [1.807, 2.05) is 6.92 Å². The van der Waals surface area contributed by atoms with Crippen LogP contribution in [0.4, 0.5) is 0 Å². The zero-order valence-electron chi connectivity index (χ0n) is 12.4. The van der Waals surface area contributed by atoms with Gasteiger partial charge in [-0.15, -0.1) is 0 Å². The van der Waals surface area contributed by atoms with Crippen LogP contribution in [0, 0.1) is 0 Å². The summed E-state index contributed by atoms with van der Waals surface area (Å²) in [7, 11) is 0. The first-order chi connectivity index (χ1) is 10.6. The Morgan fingerprint density at radius 2 is 1.95 bits per heavy atom. The van der Waals surface area contributed by atoms with Gasteiger partial charge >= 0.3 is 0 Å². The number of carbonyl (C=O) groups excluding carboxylic acids is 2. The summed E-state index contributed by atoms with van der Waals surface area (Å²) in [6, 6.07) is 6.28. The Bertz CT molecular complexity index is 521. The average Bonchev–Trinajstić information content (AvgIpc) is 2.52. The molecular weight excluding hydrogens is 306 g/mol. The first-order valence-corrected chi connectivity index (χ1v) is 7.62. The van der Waals surface area contributed by atoms with E-state index in [4.69, 9.17) is 16.3 Å². The highest BCUT2D eigenvalue weighted by Crippen LogP contribution is 2.09. The summed E-state index contributed by atoms with van der Waals surface area (Å²) < 4.78 is 5.42. The maximum Gasteiger partial charge on any atom is 0.251 e. The third-order valence-electron chi connectivity index (χ3n) is 3.42. The molecule has 120 valence electrons. The largest absolute Gasteiger partial charge is 0.375 e. The highest BCUT2D eigenvalue weighted by atomic mass is 35.5. The van der Waals surface area contributed by atoms with E-state index < -0.39 is 0 Å². The normalized spacial score (nSPS) is 21.2. The van der Waals surface area contributed by atoms with Gasteiger partial charge in [0.15, 0.2) is 0 Å². The van der Waals surface area contributed by atoms with Crippen molar-refractivity contribution in [1.29, 1.82) is 0 Å². The maximum atomic E-state index is 12.0. The molecule has 7 heteroatoms. The van der Waals surface area contributed by atoms with Gasteiger partial charge in [0.1, 0.15) is 6.04 Å². The quantitative estimate of drug-likeness (QED) is 0.691. The molecule has 22 heavy (non-hydrogen) atoms. The zero-order chi connectivity index (χ0) is 15.9. The van der Waals surface area contributed by atoms with Gasteiger partial charge in [-0.25, -0.2) is 0 Å². The molecular formula is C15H20ClN3O3. The third-order valence-corrected chi connectivity index (χ3v) is 3.67. The minimum Gasteiger partial charge on any atom is -0.375 e. The molecule has 1 aromatic rings. The summed E-state index contributed by atoms with van der Waals surface area (Å²) in [4.78, 5) is 23.8. The number of amides is 2. The number of hydrogen-bond donors (Lipinski definition) is 3. The van der Waals surface area contributed by atoms with Crippen molar-refractivity contribution < 1.29 is 14.3 Å². The molecule has 1 aliphatic rings. The van der Waals surface area contributed by atoms with E-state index in [-0.39, 0.29) is 24.0 Å². The number of nitrogens with one attached hydrogen (secondary N) is 3. The van der Waals surface area contributed by atoms with Crippen LogP contribution in [0.2, 0.25) is 5.02 Å². The Labute approximate surface area is 134 Å². The molecule has 3 N–H and O–H groups in total. The van der Waals surface area contributed by atoms with Gasteiger partial charge in [0.2, 0.25) is 5.91 Å². The maximum absolute atomic E-state index is 12.0. The van der Waals surface area contributed by atoms with Gasteiger partial charge in [-0.2, -0.15) is 0 Å². The minimum atomic E-state index is -0.347. The molecule has 0 aliphatic carbocycles. The van der Waals surface area contributed by atoms with E-state index in [9.17, 15) is 9.59 Å². The molecule has 1 fully saturated rings. The molecule has 2 atom stereocenters. The van der Waals surface area contributed by atoms with Crippen LogP contribution in [0.3, 0.4) is 0 Å². The van der Waals surface area contributed by atoms with Crippen molar-refractivity contribution in [1.82, 2.24) is 16.0 Å². The predicted octanol–water partition coefficient (Wildman–Crippen LogP) is 0.563.